The van der Waals surface area contributed by atoms with E-state index in [1.807, 2.05) is 0 Å². The molecule has 21 heavy (non-hydrogen) atoms. The van der Waals surface area contributed by atoms with E-state index in [9.17, 15) is 0 Å². The first-order valence-corrected chi connectivity index (χ1v) is 8.55. The third-order valence-corrected chi connectivity index (χ3v) is 5.20. The molecule has 2 fully saturated rings. The van der Waals surface area contributed by atoms with E-state index in [1.54, 1.807) is 0 Å². The van der Waals surface area contributed by atoms with Crippen molar-refractivity contribution < 1.29 is 0 Å². The van der Waals surface area contributed by atoms with Crippen LogP contribution in [0.5, 0.6) is 0 Å². The summed E-state index contributed by atoms with van der Waals surface area (Å²) < 4.78 is 0. The summed E-state index contributed by atoms with van der Waals surface area (Å²) in [5.74, 6) is 0.953. The zero-order valence-corrected chi connectivity index (χ0v) is 13.8. The minimum atomic E-state index is 0.347. The summed E-state index contributed by atoms with van der Waals surface area (Å²) in [7, 11) is 0. The van der Waals surface area contributed by atoms with Crippen molar-refractivity contribution in [1.82, 2.24) is 10.2 Å². The van der Waals surface area contributed by atoms with Gasteiger partial charge >= 0.3 is 0 Å². The van der Waals surface area contributed by atoms with E-state index in [4.69, 9.17) is 0 Å². The second-order valence-electron chi connectivity index (χ2n) is 7.96. The number of nitrogens with zero attached hydrogens (tertiary/aromatic N) is 1. The Hall–Kier alpha value is -0.860. The highest BCUT2D eigenvalue weighted by atomic mass is 15.2. The molecule has 0 bridgehead atoms. The maximum atomic E-state index is 3.82. The van der Waals surface area contributed by atoms with E-state index >= 15 is 0 Å². The first-order chi connectivity index (χ1) is 10.0. The number of hydrogen-bond donors (Lipinski definition) is 1. The molecule has 1 saturated carbocycles. The van der Waals surface area contributed by atoms with E-state index in [0.29, 0.717) is 11.5 Å². The second kappa shape index (κ2) is 6.10. The van der Waals surface area contributed by atoms with Crippen LogP contribution < -0.4 is 5.32 Å². The van der Waals surface area contributed by atoms with Crippen molar-refractivity contribution in [1.29, 1.82) is 0 Å². The molecular formula is C19H30N2. The molecule has 1 aliphatic carbocycles. The molecule has 0 spiro atoms. The van der Waals surface area contributed by atoms with E-state index in [1.165, 1.54) is 44.5 Å². The quantitative estimate of drug-likeness (QED) is 0.913. The minimum Gasteiger partial charge on any atom is -0.311 e. The Labute approximate surface area is 129 Å². The average molecular weight is 286 g/mol. The predicted octanol–water partition coefficient (Wildman–Crippen LogP) is 3.33. The molecule has 1 heterocycles. The number of hydrogen-bond acceptors (Lipinski definition) is 2. The summed E-state index contributed by atoms with van der Waals surface area (Å²) >= 11 is 0. The van der Waals surface area contributed by atoms with E-state index in [2.05, 4.69) is 61.3 Å². The third-order valence-electron chi connectivity index (χ3n) is 5.20. The molecule has 2 aliphatic rings. The molecule has 1 aromatic rings. The van der Waals surface area contributed by atoms with Gasteiger partial charge < -0.3 is 5.32 Å². The van der Waals surface area contributed by atoms with Crippen LogP contribution in [0.2, 0.25) is 0 Å². The van der Waals surface area contributed by atoms with Crippen LogP contribution in [0, 0.1) is 11.3 Å². The van der Waals surface area contributed by atoms with Crippen molar-refractivity contribution in [3.8, 4) is 0 Å². The lowest BCUT2D eigenvalue weighted by Gasteiger charge is -2.45. The van der Waals surface area contributed by atoms with Crippen LogP contribution in [-0.4, -0.2) is 36.6 Å². The molecule has 1 N–H and O–H groups in total. The maximum absolute atomic E-state index is 3.82. The molecule has 116 valence electrons. The summed E-state index contributed by atoms with van der Waals surface area (Å²) in [6.45, 7) is 10.7. The van der Waals surface area contributed by atoms with Crippen LogP contribution in [0.25, 0.3) is 0 Å². The number of rotatable bonds is 4. The fourth-order valence-electron chi connectivity index (χ4n) is 3.53. The summed E-state index contributed by atoms with van der Waals surface area (Å²) in [5.41, 5.74) is 1.82. The molecule has 1 aliphatic heterocycles. The largest absolute Gasteiger partial charge is 0.311 e. The molecule has 0 radical (unpaired) electrons. The van der Waals surface area contributed by atoms with Crippen LogP contribution in [0.15, 0.2) is 30.3 Å². The number of piperazine rings is 1. The highest BCUT2D eigenvalue weighted by molar-refractivity contribution is 5.15. The molecule has 2 atom stereocenters. The van der Waals surface area contributed by atoms with Gasteiger partial charge in [0.15, 0.2) is 0 Å². The van der Waals surface area contributed by atoms with Crippen LogP contribution in [-0.2, 0) is 6.42 Å². The molecule has 2 unspecified atom stereocenters. The zero-order chi connectivity index (χ0) is 14.9. The van der Waals surface area contributed by atoms with E-state index in [-0.39, 0.29) is 0 Å². The Bertz CT molecular complexity index is 444. The fraction of sp³-hybridized carbons (Fsp3) is 0.684. The topological polar surface area (TPSA) is 15.3 Å². The van der Waals surface area contributed by atoms with Gasteiger partial charge in [0.05, 0.1) is 0 Å². The van der Waals surface area contributed by atoms with Gasteiger partial charge in [0.2, 0.25) is 0 Å². The van der Waals surface area contributed by atoms with Gasteiger partial charge in [-0.1, -0.05) is 51.1 Å². The van der Waals surface area contributed by atoms with Crippen LogP contribution in [0.4, 0.5) is 0 Å². The maximum Gasteiger partial charge on any atom is 0.0249 e. The molecule has 2 heteroatoms. The van der Waals surface area contributed by atoms with Gasteiger partial charge in [0.25, 0.3) is 0 Å². The molecular weight excluding hydrogens is 256 g/mol. The SMILES string of the molecule is CC(C)(C)C1CN(CCc2ccccc2)C(C2CC2)CN1. The van der Waals surface area contributed by atoms with Crippen molar-refractivity contribution in [3.05, 3.63) is 35.9 Å². The molecule has 2 nitrogen and oxygen atoms in total. The first kappa shape index (κ1) is 15.1. The Kier molecular flexibility index (Phi) is 4.37. The molecule has 3 rings (SSSR count). The fourth-order valence-corrected chi connectivity index (χ4v) is 3.53. The van der Waals surface area contributed by atoms with Crippen LogP contribution in [0.1, 0.15) is 39.2 Å². The van der Waals surface area contributed by atoms with Crippen molar-refractivity contribution >= 4 is 0 Å². The normalized spacial score (nSPS) is 27.8. The number of benzene rings is 1. The van der Waals surface area contributed by atoms with Crippen LogP contribution >= 0.6 is 0 Å². The van der Waals surface area contributed by atoms with Gasteiger partial charge in [-0.2, -0.15) is 0 Å². The van der Waals surface area contributed by atoms with Crippen LogP contribution in [0.3, 0.4) is 0 Å². The highest BCUT2D eigenvalue weighted by Crippen LogP contribution is 2.37. The van der Waals surface area contributed by atoms with Crippen molar-refractivity contribution in [3.63, 3.8) is 0 Å². The summed E-state index contributed by atoms with van der Waals surface area (Å²) in [6.07, 6.45) is 4.06. The Morgan fingerprint density at radius 2 is 1.86 bits per heavy atom. The van der Waals surface area contributed by atoms with Gasteiger partial charge in [0, 0.05) is 31.7 Å². The molecule has 0 aromatic heterocycles. The van der Waals surface area contributed by atoms with Crippen molar-refractivity contribution in [2.24, 2.45) is 11.3 Å². The summed E-state index contributed by atoms with van der Waals surface area (Å²) in [5, 5.41) is 3.82. The molecule has 1 aromatic carbocycles. The Morgan fingerprint density at radius 3 is 2.48 bits per heavy atom. The highest BCUT2D eigenvalue weighted by Gasteiger charge is 2.40. The predicted molar refractivity (Wildman–Crippen MR) is 89.5 cm³/mol. The molecule has 1 saturated heterocycles. The van der Waals surface area contributed by atoms with Gasteiger partial charge in [-0.3, -0.25) is 4.90 Å². The van der Waals surface area contributed by atoms with Crippen molar-refractivity contribution in [2.75, 3.05) is 19.6 Å². The van der Waals surface area contributed by atoms with E-state index in [0.717, 1.165) is 12.0 Å². The lowest BCUT2D eigenvalue weighted by Crippen LogP contribution is -2.61. The first-order valence-electron chi connectivity index (χ1n) is 8.55. The summed E-state index contributed by atoms with van der Waals surface area (Å²) in [4.78, 5) is 2.77. The van der Waals surface area contributed by atoms with Gasteiger partial charge in [0.1, 0.15) is 0 Å². The zero-order valence-electron chi connectivity index (χ0n) is 13.8. The lowest BCUT2D eigenvalue weighted by atomic mass is 9.84. The van der Waals surface area contributed by atoms with Gasteiger partial charge in [-0.15, -0.1) is 0 Å². The van der Waals surface area contributed by atoms with E-state index < -0.39 is 0 Å². The standard InChI is InChI=1S/C19H30N2/c1-19(2,3)18-14-21(17(13-20-18)16-9-10-16)12-11-15-7-5-4-6-8-15/h4-8,16-18,20H,9-14H2,1-3H3. The van der Waals surface area contributed by atoms with Gasteiger partial charge in [-0.05, 0) is 36.2 Å². The average Bonchev–Trinajstić information content (AvgIpc) is 3.29. The Balaban J connectivity index is 1.63. The smallest absolute Gasteiger partial charge is 0.0249 e. The Morgan fingerprint density at radius 1 is 1.14 bits per heavy atom. The minimum absolute atomic E-state index is 0.347. The second-order valence-corrected chi connectivity index (χ2v) is 7.96. The summed E-state index contributed by atoms with van der Waals surface area (Å²) in [6, 6.07) is 12.3. The van der Waals surface area contributed by atoms with Crippen molar-refractivity contribution in [2.45, 2.75) is 52.1 Å². The lowest BCUT2D eigenvalue weighted by molar-refractivity contribution is 0.0760. The monoisotopic (exact) mass is 286 g/mol. The third kappa shape index (κ3) is 3.87. The van der Waals surface area contributed by atoms with Gasteiger partial charge in [-0.25, -0.2) is 0 Å². The number of nitrogens with one attached hydrogen (secondary N) is 1. The molecule has 0 amide bonds.